The molecule has 0 unspecified atom stereocenters. The minimum absolute atomic E-state index is 0.536. The standard InChI is InChI=1S/C12H13N3/c1-9-14-11(8-12(13)15-9)7-10-5-3-2-4-6-10/h2-6,8H,7H2,1H3,(H2,13,14,15). The summed E-state index contributed by atoms with van der Waals surface area (Å²) in [5, 5.41) is 0. The first-order chi connectivity index (χ1) is 7.24. The van der Waals surface area contributed by atoms with Crippen LogP contribution in [0.15, 0.2) is 36.4 Å². The SMILES string of the molecule is Cc1nc(N)cc(Cc2ccccc2)n1. The summed E-state index contributed by atoms with van der Waals surface area (Å²) in [4.78, 5) is 8.38. The zero-order valence-electron chi connectivity index (χ0n) is 8.64. The Bertz CT molecular complexity index is 431. The maximum atomic E-state index is 5.66. The van der Waals surface area contributed by atoms with Crippen LogP contribution >= 0.6 is 0 Å². The lowest BCUT2D eigenvalue weighted by molar-refractivity contribution is 0.974. The number of aryl methyl sites for hydroxylation is 1. The number of anilines is 1. The van der Waals surface area contributed by atoms with E-state index in [4.69, 9.17) is 5.73 Å². The van der Waals surface area contributed by atoms with Crippen LogP contribution in [0.5, 0.6) is 0 Å². The molecule has 1 aromatic heterocycles. The van der Waals surface area contributed by atoms with Crippen LogP contribution in [0.2, 0.25) is 0 Å². The van der Waals surface area contributed by atoms with Crippen LogP contribution in [0, 0.1) is 6.92 Å². The van der Waals surface area contributed by atoms with Crippen molar-refractivity contribution < 1.29 is 0 Å². The van der Waals surface area contributed by atoms with Gasteiger partial charge in [0.25, 0.3) is 0 Å². The minimum Gasteiger partial charge on any atom is -0.384 e. The topological polar surface area (TPSA) is 51.8 Å². The van der Waals surface area contributed by atoms with Gasteiger partial charge in [-0.2, -0.15) is 0 Å². The molecule has 2 aromatic rings. The monoisotopic (exact) mass is 199 g/mol. The Morgan fingerprint density at radius 3 is 2.53 bits per heavy atom. The first kappa shape index (κ1) is 9.65. The van der Waals surface area contributed by atoms with E-state index in [9.17, 15) is 0 Å². The lowest BCUT2D eigenvalue weighted by Crippen LogP contribution is -2.00. The molecule has 2 rings (SSSR count). The van der Waals surface area contributed by atoms with Crippen LogP contribution < -0.4 is 5.73 Å². The van der Waals surface area contributed by atoms with Crippen LogP contribution in [0.25, 0.3) is 0 Å². The fourth-order valence-electron chi connectivity index (χ4n) is 1.55. The first-order valence-corrected chi connectivity index (χ1v) is 4.88. The molecule has 0 amide bonds. The summed E-state index contributed by atoms with van der Waals surface area (Å²) in [6.45, 7) is 1.85. The molecule has 0 saturated carbocycles. The van der Waals surface area contributed by atoms with E-state index in [1.54, 1.807) is 0 Å². The normalized spacial score (nSPS) is 10.2. The van der Waals surface area contributed by atoms with Gasteiger partial charge in [-0.05, 0) is 12.5 Å². The summed E-state index contributed by atoms with van der Waals surface area (Å²) in [7, 11) is 0. The predicted octanol–water partition coefficient (Wildman–Crippen LogP) is 1.96. The number of aromatic nitrogens is 2. The highest BCUT2D eigenvalue weighted by Crippen LogP contribution is 2.09. The van der Waals surface area contributed by atoms with Gasteiger partial charge in [0.2, 0.25) is 0 Å². The number of nitrogens with zero attached hydrogens (tertiary/aromatic N) is 2. The van der Waals surface area contributed by atoms with Crippen molar-refractivity contribution in [1.29, 1.82) is 0 Å². The Morgan fingerprint density at radius 2 is 1.87 bits per heavy atom. The molecule has 3 heteroatoms. The molecule has 76 valence electrons. The van der Waals surface area contributed by atoms with Crippen molar-refractivity contribution in [3.63, 3.8) is 0 Å². The third kappa shape index (κ3) is 2.53. The maximum Gasteiger partial charge on any atom is 0.127 e. The van der Waals surface area contributed by atoms with Crippen LogP contribution in [0.1, 0.15) is 17.1 Å². The van der Waals surface area contributed by atoms with E-state index >= 15 is 0 Å². The molecule has 0 atom stereocenters. The largest absolute Gasteiger partial charge is 0.384 e. The number of hydrogen-bond acceptors (Lipinski definition) is 3. The van der Waals surface area contributed by atoms with Crippen molar-refractivity contribution in [3.8, 4) is 0 Å². The fourth-order valence-corrected chi connectivity index (χ4v) is 1.55. The fraction of sp³-hybridized carbons (Fsp3) is 0.167. The molecule has 15 heavy (non-hydrogen) atoms. The minimum atomic E-state index is 0.536. The smallest absolute Gasteiger partial charge is 0.127 e. The highest BCUT2D eigenvalue weighted by molar-refractivity contribution is 5.32. The van der Waals surface area contributed by atoms with Crippen molar-refractivity contribution in [2.45, 2.75) is 13.3 Å². The summed E-state index contributed by atoms with van der Waals surface area (Å²) >= 11 is 0. The van der Waals surface area contributed by atoms with E-state index < -0.39 is 0 Å². The second kappa shape index (κ2) is 4.09. The molecule has 2 N–H and O–H groups in total. The second-order valence-corrected chi connectivity index (χ2v) is 3.49. The first-order valence-electron chi connectivity index (χ1n) is 4.88. The second-order valence-electron chi connectivity index (χ2n) is 3.49. The van der Waals surface area contributed by atoms with Gasteiger partial charge >= 0.3 is 0 Å². The van der Waals surface area contributed by atoms with Gasteiger partial charge in [-0.3, -0.25) is 0 Å². The molecule has 1 heterocycles. The van der Waals surface area contributed by atoms with Gasteiger partial charge < -0.3 is 5.73 Å². The number of rotatable bonds is 2. The van der Waals surface area contributed by atoms with E-state index in [1.165, 1.54) is 5.56 Å². The predicted molar refractivity (Wildman–Crippen MR) is 60.4 cm³/mol. The maximum absolute atomic E-state index is 5.66. The van der Waals surface area contributed by atoms with Gasteiger partial charge in [0.1, 0.15) is 11.6 Å². The van der Waals surface area contributed by atoms with E-state index in [0.717, 1.165) is 17.9 Å². The molecule has 0 aliphatic carbocycles. The molecule has 0 bridgehead atoms. The van der Waals surface area contributed by atoms with Crippen molar-refractivity contribution in [3.05, 3.63) is 53.5 Å². The van der Waals surface area contributed by atoms with E-state index in [0.29, 0.717) is 5.82 Å². The third-order valence-corrected chi connectivity index (χ3v) is 2.14. The average molecular weight is 199 g/mol. The average Bonchev–Trinajstić information content (AvgIpc) is 2.17. The molecule has 0 radical (unpaired) electrons. The summed E-state index contributed by atoms with van der Waals surface area (Å²) < 4.78 is 0. The van der Waals surface area contributed by atoms with Gasteiger partial charge in [-0.25, -0.2) is 9.97 Å². The van der Waals surface area contributed by atoms with Crippen molar-refractivity contribution >= 4 is 5.82 Å². The highest BCUT2D eigenvalue weighted by Gasteiger charge is 2.00. The summed E-state index contributed by atoms with van der Waals surface area (Å²) in [5.41, 5.74) is 7.86. The van der Waals surface area contributed by atoms with Crippen molar-refractivity contribution in [2.75, 3.05) is 5.73 Å². The van der Waals surface area contributed by atoms with Crippen molar-refractivity contribution in [2.24, 2.45) is 0 Å². The van der Waals surface area contributed by atoms with Gasteiger partial charge in [0.05, 0.1) is 5.69 Å². The summed E-state index contributed by atoms with van der Waals surface area (Å²) in [5.74, 6) is 1.26. The molecular formula is C12H13N3. The van der Waals surface area contributed by atoms with Crippen LogP contribution in [-0.4, -0.2) is 9.97 Å². The Hall–Kier alpha value is -1.90. The molecular weight excluding hydrogens is 186 g/mol. The highest BCUT2D eigenvalue weighted by atomic mass is 14.9. The van der Waals surface area contributed by atoms with E-state index in [-0.39, 0.29) is 0 Å². The van der Waals surface area contributed by atoms with Gasteiger partial charge in [-0.1, -0.05) is 30.3 Å². The van der Waals surface area contributed by atoms with Crippen LogP contribution in [0.3, 0.4) is 0 Å². The van der Waals surface area contributed by atoms with E-state index in [1.807, 2.05) is 31.2 Å². The van der Waals surface area contributed by atoms with Gasteiger partial charge in [-0.15, -0.1) is 0 Å². The molecule has 0 aliphatic heterocycles. The zero-order valence-corrected chi connectivity index (χ0v) is 8.64. The number of nitrogen functional groups attached to an aromatic ring is 1. The molecule has 0 spiro atoms. The molecule has 0 saturated heterocycles. The van der Waals surface area contributed by atoms with Crippen LogP contribution in [0.4, 0.5) is 5.82 Å². The number of nitrogens with two attached hydrogens (primary N) is 1. The number of benzene rings is 1. The van der Waals surface area contributed by atoms with Crippen molar-refractivity contribution in [1.82, 2.24) is 9.97 Å². The third-order valence-electron chi connectivity index (χ3n) is 2.14. The van der Waals surface area contributed by atoms with Gasteiger partial charge in [0.15, 0.2) is 0 Å². The quantitative estimate of drug-likeness (QED) is 0.804. The molecule has 3 nitrogen and oxygen atoms in total. The zero-order chi connectivity index (χ0) is 10.7. The molecule has 1 aromatic carbocycles. The molecule has 0 fully saturated rings. The Labute approximate surface area is 89.0 Å². The lowest BCUT2D eigenvalue weighted by Gasteiger charge is -2.03. The Balaban J connectivity index is 2.25. The van der Waals surface area contributed by atoms with E-state index in [2.05, 4.69) is 22.1 Å². The Kier molecular flexibility index (Phi) is 2.63. The summed E-state index contributed by atoms with van der Waals surface area (Å²) in [6.07, 6.45) is 0.800. The van der Waals surface area contributed by atoms with Crippen LogP contribution in [-0.2, 0) is 6.42 Å². The van der Waals surface area contributed by atoms with Gasteiger partial charge in [0, 0.05) is 12.5 Å². The number of hydrogen-bond donors (Lipinski definition) is 1. The summed E-state index contributed by atoms with van der Waals surface area (Å²) in [6, 6.07) is 12.0. The lowest BCUT2D eigenvalue weighted by atomic mass is 10.1. The Morgan fingerprint density at radius 1 is 1.13 bits per heavy atom. The molecule has 0 aliphatic rings.